The Morgan fingerprint density at radius 3 is 2.46 bits per heavy atom. The average Bonchev–Trinajstić information content (AvgIpc) is 3.13. The Labute approximate surface area is 231 Å². The number of methoxy groups -OCH3 is 1. The van der Waals surface area contributed by atoms with Gasteiger partial charge in [0, 0.05) is 42.0 Å². The van der Waals surface area contributed by atoms with E-state index in [2.05, 4.69) is 27.4 Å². The van der Waals surface area contributed by atoms with Gasteiger partial charge in [-0.05, 0) is 80.9 Å². The van der Waals surface area contributed by atoms with Crippen molar-refractivity contribution >= 4 is 11.0 Å². The van der Waals surface area contributed by atoms with E-state index in [4.69, 9.17) is 9.72 Å². The second-order valence-corrected chi connectivity index (χ2v) is 12.9. The average molecular weight is 527 g/mol. The maximum Gasteiger partial charge on any atom is 0.277 e. The Balaban J connectivity index is 1.27. The van der Waals surface area contributed by atoms with Crippen LogP contribution in [-0.2, 0) is 0 Å². The molecule has 0 radical (unpaired) electrons. The molecule has 39 heavy (non-hydrogen) atoms. The molecular weight excluding hydrogens is 484 g/mol. The lowest BCUT2D eigenvalue weighted by atomic mass is 9.71. The van der Waals surface area contributed by atoms with E-state index in [1.807, 2.05) is 30.3 Å². The number of hydrogen-bond acceptors (Lipinski definition) is 5. The summed E-state index contributed by atoms with van der Waals surface area (Å²) in [7, 11) is 1.60. The van der Waals surface area contributed by atoms with Gasteiger partial charge in [-0.25, -0.2) is 9.97 Å². The van der Waals surface area contributed by atoms with Crippen LogP contribution in [0.1, 0.15) is 83.6 Å². The van der Waals surface area contributed by atoms with Crippen molar-refractivity contribution in [3.63, 3.8) is 0 Å². The van der Waals surface area contributed by atoms with Crippen LogP contribution in [0.5, 0.6) is 5.88 Å². The van der Waals surface area contributed by atoms with Crippen LogP contribution in [0, 0.1) is 17.8 Å². The molecule has 1 aromatic carbocycles. The molecule has 4 fully saturated rings. The largest absolute Gasteiger partial charge is 0.481 e. The molecule has 7 atom stereocenters. The van der Waals surface area contributed by atoms with Gasteiger partial charge in [-0.3, -0.25) is 9.69 Å². The second kappa shape index (κ2) is 10.3. The van der Waals surface area contributed by atoms with Crippen molar-refractivity contribution in [2.24, 2.45) is 17.8 Å². The topological polar surface area (TPSA) is 60.2 Å². The molecule has 4 bridgehead atoms. The van der Waals surface area contributed by atoms with Crippen molar-refractivity contribution in [2.75, 3.05) is 7.11 Å². The molecule has 0 N–H and O–H groups in total. The van der Waals surface area contributed by atoms with Crippen LogP contribution in [0.3, 0.4) is 0 Å². The van der Waals surface area contributed by atoms with Crippen LogP contribution < -0.4 is 10.3 Å². The molecule has 4 heterocycles. The molecule has 2 aliphatic carbocycles. The molecule has 206 valence electrons. The van der Waals surface area contributed by atoms with Crippen molar-refractivity contribution in [2.45, 2.75) is 102 Å². The number of rotatable bonds is 4. The molecule has 1 unspecified atom stereocenters. The summed E-state index contributed by atoms with van der Waals surface area (Å²) >= 11 is 0. The molecule has 2 saturated heterocycles. The lowest BCUT2D eigenvalue weighted by Gasteiger charge is -2.56. The fourth-order valence-electron chi connectivity index (χ4n) is 8.91. The minimum Gasteiger partial charge on any atom is -0.481 e. The maximum absolute atomic E-state index is 14.3. The predicted octanol–water partition coefficient (Wildman–Crippen LogP) is 6.63. The molecule has 7 rings (SSSR count). The number of aromatic nitrogens is 3. The number of piperidine rings is 2. The first-order valence-electron chi connectivity index (χ1n) is 15.4. The van der Waals surface area contributed by atoms with Crippen molar-refractivity contribution < 1.29 is 4.74 Å². The summed E-state index contributed by atoms with van der Waals surface area (Å²) < 4.78 is 7.48. The van der Waals surface area contributed by atoms with E-state index in [0.29, 0.717) is 29.6 Å². The van der Waals surface area contributed by atoms with Gasteiger partial charge in [0.15, 0.2) is 0 Å². The lowest BCUT2D eigenvalue weighted by molar-refractivity contribution is -0.0642. The van der Waals surface area contributed by atoms with Crippen LogP contribution >= 0.6 is 0 Å². The van der Waals surface area contributed by atoms with Crippen LogP contribution in [0.25, 0.3) is 22.3 Å². The molecule has 0 amide bonds. The molecule has 6 nitrogen and oxygen atoms in total. The van der Waals surface area contributed by atoms with Gasteiger partial charge in [-0.15, -0.1) is 0 Å². The predicted molar refractivity (Wildman–Crippen MR) is 155 cm³/mol. The van der Waals surface area contributed by atoms with Crippen molar-refractivity contribution in [3.8, 4) is 17.1 Å². The van der Waals surface area contributed by atoms with Gasteiger partial charge in [0.1, 0.15) is 5.69 Å². The fourth-order valence-corrected chi connectivity index (χ4v) is 8.91. The van der Waals surface area contributed by atoms with E-state index in [1.165, 1.54) is 57.8 Å². The molecule has 6 heteroatoms. The Bertz CT molecular complexity index is 1390. The van der Waals surface area contributed by atoms with Gasteiger partial charge in [-0.2, -0.15) is 0 Å². The molecule has 2 aromatic heterocycles. The van der Waals surface area contributed by atoms with Gasteiger partial charge in [0.2, 0.25) is 5.88 Å². The van der Waals surface area contributed by atoms with E-state index in [9.17, 15) is 4.79 Å². The van der Waals surface area contributed by atoms with E-state index < -0.39 is 0 Å². The molecule has 2 saturated carbocycles. The smallest absolute Gasteiger partial charge is 0.277 e. The Kier molecular flexibility index (Phi) is 6.70. The van der Waals surface area contributed by atoms with Crippen molar-refractivity contribution in [1.82, 2.24) is 19.4 Å². The zero-order chi connectivity index (χ0) is 26.5. The van der Waals surface area contributed by atoms with Crippen molar-refractivity contribution in [3.05, 3.63) is 52.9 Å². The zero-order valence-electron chi connectivity index (χ0n) is 23.5. The van der Waals surface area contributed by atoms with E-state index in [1.54, 1.807) is 13.3 Å². The number of benzene rings is 1. The quantitative estimate of drug-likeness (QED) is 0.382. The number of hydrogen-bond donors (Lipinski definition) is 0. The molecule has 4 aliphatic rings. The Morgan fingerprint density at radius 1 is 0.872 bits per heavy atom. The highest BCUT2D eigenvalue weighted by molar-refractivity contribution is 5.78. The first-order chi connectivity index (χ1) is 19.1. The minimum atomic E-state index is 0.00909. The minimum absolute atomic E-state index is 0.00909. The number of nitrogens with zero attached hydrogens (tertiary/aromatic N) is 4. The van der Waals surface area contributed by atoms with Gasteiger partial charge < -0.3 is 9.30 Å². The SMILES string of the molecule is COc1cc(-c2nc3ccccc3n([C@H]3C[C@H]4CC[C@H](C)[C@@H](C3)N4C3C[C@H]4CCCC[C@@H](C3)C4)c2=O)ccn1. The molecular formula is C33H42N4O2. The third-order valence-corrected chi connectivity index (χ3v) is 10.6. The first kappa shape index (κ1) is 25.3. The summed E-state index contributed by atoms with van der Waals surface area (Å²) in [6.45, 7) is 2.47. The number of pyridine rings is 1. The molecule has 0 spiro atoms. The van der Waals surface area contributed by atoms with Gasteiger partial charge >= 0.3 is 0 Å². The van der Waals surface area contributed by atoms with Crippen LogP contribution in [0.2, 0.25) is 0 Å². The summed E-state index contributed by atoms with van der Waals surface area (Å²) in [5.74, 6) is 3.02. The van der Waals surface area contributed by atoms with Crippen molar-refractivity contribution in [1.29, 1.82) is 0 Å². The number of fused-ring (bicyclic) bond motifs is 5. The highest BCUT2D eigenvalue weighted by Gasteiger charge is 2.47. The number of para-hydroxylation sites is 2. The summed E-state index contributed by atoms with van der Waals surface area (Å²) in [6, 6.07) is 13.9. The lowest BCUT2D eigenvalue weighted by Crippen LogP contribution is -2.60. The molecule has 3 aromatic rings. The Hall–Kier alpha value is -2.73. The second-order valence-electron chi connectivity index (χ2n) is 12.9. The maximum atomic E-state index is 14.3. The zero-order valence-corrected chi connectivity index (χ0v) is 23.5. The van der Waals surface area contributed by atoms with Gasteiger partial charge in [-0.1, -0.05) is 44.7 Å². The number of ether oxygens (including phenoxy) is 1. The summed E-state index contributed by atoms with van der Waals surface area (Å²) in [5.41, 5.74) is 3.10. The summed E-state index contributed by atoms with van der Waals surface area (Å²) in [4.78, 5) is 26.4. The molecule has 2 aliphatic heterocycles. The third kappa shape index (κ3) is 4.59. The van der Waals surface area contributed by atoms with Crippen LogP contribution in [-0.4, -0.2) is 44.7 Å². The van der Waals surface area contributed by atoms with E-state index >= 15 is 0 Å². The normalized spacial score (nSPS) is 33.0. The first-order valence-corrected chi connectivity index (χ1v) is 15.4. The monoisotopic (exact) mass is 526 g/mol. The summed E-state index contributed by atoms with van der Waals surface area (Å²) in [6.07, 6.45) is 16.4. The Morgan fingerprint density at radius 2 is 1.67 bits per heavy atom. The highest BCUT2D eigenvalue weighted by atomic mass is 16.5. The highest BCUT2D eigenvalue weighted by Crippen LogP contribution is 2.48. The van der Waals surface area contributed by atoms with E-state index in [-0.39, 0.29) is 11.6 Å². The standard InChI is InChI=1S/C33H42N4O2/c1-21-11-12-25-19-27(20-30(21)36(25)26-16-22-7-3-4-8-23(15-22)17-26)37-29-10-6-5-9-28(29)35-32(33(37)38)24-13-14-34-31(18-24)39-2/h5-6,9-10,13-14,18,21-23,25-27,30H,3-4,7-8,11-12,15-17,19-20H2,1-2H3/t21-,22-,23+,25+,26?,27-,30+/m0/s1. The van der Waals surface area contributed by atoms with Crippen LogP contribution in [0.4, 0.5) is 0 Å². The fraction of sp³-hybridized carbons (Fsp3) is 0.606. The summed E-state index contributed by atoms with van der Waals surface area (Å²) in [5, 5.41) is 0. The third-order valence-electron chi connectivity index (χ3n) is 10.6. The van der Waals surface area contributed by atoms with Crippen LogP contribution in [0.15, 0.2) is 47.4 Å². The van der Waals surface area contributed by atoms with E-state index in [0.717, 1.165) is 47.3 Å². The van der Waals surface area contributed by atoms with Gasteiger partial charge in [0.25, 0.3) is 5.56 Å². The van der Waals surface area contributed by atoms with Gasteiger partial charge in [0.05, 0.1) is 18.1 Å².